The van der Waals surface area contributed by atoms with Crippen LogP contribution in [0.4, 0.5) is 4.39 Å². The first-order valence-electron chi connectivity index (χ1n) is 6.09. The minimum atomic E-state index is -1.03. The molecule has 0 aliphatic carbocycles. The lowest BCUT2D eigenvalue weighted by Gasteiger charge is -2.05. The highest BCUT2D eigenvalue weighted by Gasteiger charge is 2.10. The first kappa shape index (κ1) is 13.0. The molecule has 6 nitrogen and oxygen atoms in total. The van der Waals surface area contributed by atoms with Gasteiger partial charge in [-0.25, -0.2) is 9.18 Å². The van der Waals surface area contributed by atoms with Crippen molar-refractivity contribution in [3.8, 4) is 5.75 Å². The second-order valence-corrected chi connectivity index (χ2v) is 4.31. The molecule has 0 bridgehead atoms. The molecule has 0 unspecified atom stereocenters. The first-order valence-corrected chi connectivity index (χ1v) is 6.09. The number of carboxylic acids is 1. The van der Waals surface area contributed by atoms with Crippen molar-refractivity contribution in [3.63, 3.8) is 0 Å². The minimum Gasteiger partial charge on any atom is -0.486 e. The number of carboxylic acid groups (broad SMARTS) is 1. The number of carbonyl (C=O) groups is 1. The molecule has 2 heterocycles. The smallest absolute Gasteiger partial charge is 0.337 e. The molecule has 0 aliphatic rings. The van der Waals surface area contributed by atoms with Crippen molar-refractivity contribution in [1.82, 2.24) is 14.6 Å². The summed E-state index contributed by atoms with van der Waals surface area (Å²) < 4.78 is 19.8. The number of ether oxygens (including phenoxy) is 1. The Morgan fingerprint density at radius 3 is 2.67 bits per heavy atom. The molecule has 0 aliphatic heterocycles. The van der Waals surface area contributed by atoms with Gasteiger partial charge in [0.2, 0.25) is 0 Å². The molecule has 1 N–H and O–H groups in total. The van der Waals surface area contributed by atoms with Crippen LogP contribution in [0.15, 0.2) is 42.6 Å². The van der Waals surface area contributed by atoms with Gasteiger partial charge in [0.1, 0.15) is 18.2 Å². The fourth-order valence-electron chi connectivity index (χ4n) is 1.84. The molecule has 3 rings (SSSR count). The van der Waals surface area contributed by atoms with Crippen LogP contribution in [-0.2, 0) is 6.61 Å². The Labute approximate surface area is 118 Å². The van der Waals surface area contributed by atoms with Crippen LogP contribution < -0.4 is 4.74 Å². The van der Waals surface area contributed by atoms with Gasteiger partial charge < -0.3 is 9.84 Å². The van der Waals surface area contributed by atoms with Gasteiger partial charge >= 0.3 is 5.97 Å². The number of hydrogen-bond acceptors (Lipinski definition) is 4. The van der Waals surface area contributed by atoms with E-state index in [-0.39, 0.29) is 18.0 Å². The maximum absolute atomic E-state index is 12.8. The average molecular weight is 287 g/mol. The largest absolute Gasteiger partial charge is 0.486 e. The van der Waals surface area contributed by atoms with Crippen LogP contribution in [-0.4, -0.2) is 25.7 Å². The van der Waals surface area contributed by atoms with Gasteiger partial charge in [-0.1, -0.05) is 0 Å². The highest BCUT2D eigenvalue weighted by atomic mass is 19.1. The van der Waals surface area contributed by atoms with E-state index in [0.717, 1.165) is 0 Å². The van der Waals surface area contributed by atoms with Crippen molar-refractivity contribution in [2.75, 3.05) is 0 Å². The SMILES string of the molecule is O=C(O)c1ccc2nnc(COc3ccc(F)cc3)n2c1. The van der Waals surface area contributed by atoms with E-state index in [1.807, 2.05) is 0 Å². The van der Waals surface area contributed by atoms with E-state index in [1.165, 1.54) is 36.5 Å². The number of aromatic carboxylic acids is 1. The Morgan fingerprint density at radius 1 is 1.19 bits per heavy atom. The van der Waals surface area contributed by atoms with Crippen molar-refractivity contribution in [2.45, 2.75) is 6.61 Å². The van der Waals surface area contributed by atoms with E-state index >= 15 is 0 Å². The number of rotatable bonds is 4. The summed E-state index contributed by atoms with van der Waals surface area (Å²) in [5.74, 6) is -0.433. The number of pyridine rings is 1. The van der Waals surface area contributed by atoms with E-state index in [1.54, 1.807) is 10.5 Å². The number of fused-ring (bicyclic) bond motifs is 1. The fraction of sp³-hybridized carbons (Fsp3) is 0.0714. The van der Waals surface area contributed by atoms with Crippen LogP contribution in [0.2, 0.25) is 0 Å². The predicted octanol–water partition coefficient (Wildman–Crippen LogP) is 2.15. The number of benzene rings is 1. The summed E-state index contributed by atoms with van der Waals surface area (Å²) in [5, 5.41) is 16.9. The second kappa shape index (κ2) is 5.20. The van der Waals surface area contributed by atoms with Gasteiger partial charge in [0.05, 0.1) is 5.56 Å². The third-order valence-corrected chi connectivity index (χ3v) is 2.90. The minimum absolute atomic E-state index is 0.0931. The Balaban J connectivity index is 1.84. The Kier molecular flexibility index (Phi) is 3.23. The molecule has 3 aromatic rings. The van der Waals surface area contributed by atoms with E-state index in [9.17, 15) is 9.18 Å². The quantitative estimate of drug-likeness (QED) is 0.795. The van der Waals surface area contributed by atoms with Crippen molar-refractivity contribution in [2.24, 2.45) is 0 Å². The summed E-state index contributed by atoms with van der Waals surface area (Å²) >= 11 is 0. The monoisotopic (exact) mass is 287 g/mol. The highest BCUT2D eigenvalue weighted by Crippen LogP contribution is 2.14. The summed E-state index contributed by atoms with van der Waals surface area (Å²) in [7, 11) is 0. The zero-order valence-electron chi connectivity index (χ0n) is 10.7. The zero-order valence-corrected chi connectivity index (χ0v) is 10.7. The number of nitrogens with zero attached hydrogens (tertiary/aromatic N) is 3. The molecule has 0 amide bonds. The average Bonchev–Trinajstić information content (AvgIpc) is 2.89. The fourth-order valence-corrected chi connectivity index (χ4v) is 1.84. The van der Waals surface area contributed by atoms with Gasteiger partial charge in [0.15, 0.2) is 11.5 Å². The van der Waals surface area contributed by atoms with Crippen LogP contribution in [0.1, 0.15) is 16.2 Å². The van der Waals surface area contributed by atoms with Gasteiger partial charge in [0, 0.05) is 6.20 Å². The molecule has 0 atom stereocenters. The molecule has 1 aromatic carbocycles. The van der Waals surface area contributed by atoms with Crippen LogP contribution in [0, 0.1) is 5.82 Å². The summed E-state index contributed by atoms with van der Waals surface area (Å²) in [6.45, 7) is 0.0931. The predicted molar refractivity (Wildman–Crippen MR) is 70.7 cm³/mol. The molecule has 21 heavy (non-hydrogen) atoms. The molecule has 0 radical (unpaired) electrons. The van der Waals surface area contributed by atoms with Crippen LogP contribution in [0.3, 0.4) is 0 Å². The Morgan fingerprint density at radius 2 is 1.95 bits per heavy atom. The Bertz CT molecular complexity index is 799. The van der Waals surface area contributed by atoms with Crippen LogP contribution >= 0.6 is 0 Å². The van der Waals surface area contributed by atoms with E-state index in [4.69, 9.17) is 9.84 Å². The maximum atomic E-state index is 12.8. The lowest BCUT2D eigenvalue weighted by atomic mass is 10.3. The number of halogens is 1. The standard InChI is InChI=1S/C14H10FN3O3/c15-10-2-4-11(5-3-10)21-8-13-17-16-12-6-1-9(14(19)20)7-18(12)13/h1-7H,8H2,(H,19,20). The number of aromatic nitrogens is 3. The van der Waals surface area contributed by atoms with Crippen LogP contribution in [0.5, 0.6) is 5.75 Å². The van der Waals surface area contributed by atoms with Gasteiger partial charge in [-0.2, -0.15) is 0 Å². The van der Waals surface area contributed by atoms with Gasteiger partial charge in [0.25, 0.3) is 0 Å². The van der Waals surface area contributed by atoms with Gasteiger partial charge in [-0.15, -0.1) is 10.2 Å². The summed E-state index contributed by atoms with van der Waals surface area (Å²) in [6, 6.07) is 8.61. The van der Waals surface area contributed by atoms with E-state index in [0.29, 0.717) is 17.2 Å². The molecule has 0 saturated heterocycles. The summed E-state index contributed by atoms with van der Waals surface area (Å²) in [6.07, 6.45) is 1.43. The highest BCUT2D eigenvalue weighted by molar-refractivity contribution is 5.87. The topological polar surface area (TPSA) is 76.7 Å². The van der Waals surface area contributed by atoms with Gasteiger partial charge in [-0.3, -0.25) is 4.40 Å². The zero-order chi connectivity index (χ0) is 14.8. The van der Waals surface area contributed by atoms with Crippen molar-refractivity contribution >= 4 is 11.6 Å². The molecule has 0 fully saturated rings. The third kappa shape index (κ3) is 2.66. The van der Waals surface area contributed by atoms with E-state index in [2.05, 4.69) is 10.2 Å². The molecular weight excluding hydrogens is 277 g/mol. The number of hydrogen-bond donors (Lipinski definition) is 1. The normalized spacial score (nSPS) is 10.7. The van der Waals surface area contributed by atoms with Crippen molar-refractivity contribution in [3.05, 3.63) is 59.8 Å². The third-order valence-electron chi connectivity index (χ3n) is 2.90. The molecule has 7 heteroatoms. The Hall–Kier alpha value is -2.96. The van der Waals surface area contributed by atoms with Crippen LogP contribution in [0.25, 0.3) is 5.65 Å². The maximum Gasteiger partial charge on any atom is 0.337 e. The summed E-state index contributed by atoms with van der Waals surface area (Å²) in [5.41, 5.74) is 0.656. The lowest BCUT2D eigenvalue weighted by Crippen LogP contribution is -2.04. The molecule has 2 aromatic heterocycles. The molecule has 0 spiro atoms. The van der Waals surface area contributed by atoms with Gasteiger partial charge in [-0.05, 0) is 36.4 Å². The van der Waals surface area contributed by atoms with Crippen molar-refractivity contribution in [1.29, 1.82) is 0 Å². The van der Waals surface area contributed by atoms with Crippen molar-refractivity contribution < 1.29 is 19.0 Å². The lowest BCUT2D eigenvalue weighted by molar-refractivity contribution is 0.0696. The molecule has 106 valence electrons. The summed E-state index contributed by atoms with van der Waals surface area (Å²) in [4.78, 5) is 11.0. The molecular formula is C14H10FN3O3. The second-order valence-electron chi connectivity index (χ2n) is 4.31. The first-order chi connectivity index (χ1) is 10.1. The van der Waals surface area contributed by atoms with E-state index < -0.39 is 5.97 Å². The molecule has 0 saturated carbocycles.